The summed E-state index contributed by atoms with van der Waals surface area (Å²) in [6.45, 7) is 8.59. The van der Waals surface area contributed by atoms with Crippen molar-refractivity contribution in [1.82, 2.24) is 10.3 Å². The largest absolute Gasteiger partial charge is 0.305 e. The quantitative estimate of drug-likeness (QED) is 0.563. The van der Waals surface area contributed by atoms with Crippen molar-refractivity contribution in [2.75, 3.05) is 7.05 Å². The van der Waals surface area contributed by atoms with Crippen LogP contribution < -0.4 is 5.32 Å². The number of hydrogen-bond donors (Lipinski definition) is 1. The maximum atomic E-state index is 14.0. The minimum atomic E-state index is -2.91. The van der Waals surface area contributed by atoms with E-state index in [1.54, 1.807) is 24.4 Å². The van der Waals surface area contributed by atoms with E-state index >= 15 is 0 Å². The van der Waals surface area contributed by atoms with Gasteiger partial charge in [-0.25, -0.2) is 8.78 Å². The summed E-state index contributed by atoms with van der Waals surface area (Å²) >= 11 is 0. The summed E-state index contributed by atoms with van der Waals surface area (Å²) in [5, 5.41) is 3.38. The summed E-state index contributed by atoms with van der Waals surface area (Å²) in [6.07, 6.45) is 9.87. The molecule has 0 bridgehead atoms. The van der Waals surface area contributed by atoms with Gasteiger partial charge in [-0.1, -0.05) is 60.7 Å². The van der Waals surface area contributed by atoms with Gasteiger partial charge in [0.1, 0.15) is 0 Å². The lowest BCUT2D eigenvalue weighted by molar-refractivity contribution is 0.0173. The summed E-state index contributed by atoms with van der Waals surface area (Å²) in [6, 6.07) is 10.5. The first-order valence-corrected chi connectivity index (χ1v) is 9.28. The van der Waals surface area contributed by atoms with Gasteiger partial charge < -0.3 is 5.32 Å². The number of nitrogens with zero attached hydrogens (tertiary/aromatic N) is 1. The molecule has 0 aliphatic carbocycles. The molecule has 1 N–H and O–H groups in total. The zero-order valence-electron chi connectivity index (χ0n) is 17.0. The van der Waals surface area contributed by atoms with Gasteiger partial charge in [0, 0.05) is 18.7 Å². The first kappa shape index (κ1) is 21.7. The number of pyridine rings is 1. The molecule has 0 saturated heterocycles. The Morgan fingerprint density at radius 3 is 2.46 bits per heavy atom. The molecular weight excluding hydrogens is 354 g/mol. The lowest BCUT2D eigenvalue weighted by atomic mass is 9.79. The number of aryl methyl sites for hydroxylation is 1. The number of allylic oxidation sites excluding steroid dienone is 4. The molecule has 148 valence electrons. The van der Waals surface area contributed by atoms with E-state index in [-0.39, 0.29) is 5.56 Å². The average molecular weight is 382 g/mol. The number of nitrogens with one attached hydrogen (secondary N) is 1. The fourth-order valence-electron chi connectivity index (χ4n) is 3.25. The molecular formula is C24H28F2N2. The van der Waals surface area contributed by atoms with E-state index in [2.05, 4.69) is 16.9 Å². The predicted molar refractivity (Wildman–Crippen MR) is 113 cm³/mol. The molecule has 0 spiro atoms. The highest BCUT2D eigenvalue weighted by Gasteiger charge is 2.36. The summed E-state index contributed by atoms with van der Waals surface area (Å²) in [5.41, 5.74) is 2.94. The molecule has 1 heterocycles. The zero-order chi connectivity index (χ0) is 20.8. The van der Waals surface area contributed by atoms with Crippen molar-refractivity contribution >= 4 is 0 Å². The molecule has 2 aromatic rings. The van der Waals surface area contributed by atoms with Gasteiger partial charge in [-0.3, -0.25) is 4.98 Å². The van der Waals surface area contributed by atoms with E-state index in [0.29, 0.717) is 6.42 Å². The molecule has 1 unspecified atom stereocenters. The first-order valence-electron chi connectivity index (χ1n) is 9.28. The van der Waals surface area contributed by atoms with Crippen molar-refractivity contribution < 1.29 is 8.78 Å². The third kappa shape index (κ3) is 5.02. The SMILES string of the molecule is C=C/C=C\C=C(/C)CC(NC)(c1cccc(C(C)(F)F)c1)c1ccc(C)cn1. The summed E-state index contributed by atoms with van der Waals surface area (Å²) in [5.74, 6) is -2.91. The minimum absolute atomic E-state index is 0.00933. The van der Waals surface area contributed by atoms with Crippen LogP contribution >= 0.6 is 0 Å². The van der Waals surface area contributed by atoms with Crippen LogP contribution in [0.5, 0.6) is 0 Å². The van der Waals surface area contributed by atoms with E-state index < -0.39 is 11.5 Å². The summed E-state index contributed by atoms with van der Waals surface area (Å²) < 4.78 is 28.0. The smallest absolute Gasteiger partial charge is 0.270 e. The molecule has 0 saturated carbocycles. The standard InChI is InChI=1S/C24H28F2N2/c1-6-7-8-10-18(2)16-24(27-5,22-14-13-19(3)17-28-22)21-12-9-11-20(15-21)23(4,25)26/h6-15,17,27H,1,16H2,2-5H3/b8-7-,18-10+. The molecule has 0 aliphatic rings. The van der Waals surface area contributed by atoms with Crippen LogP contribution in [0.1, 0.15) is 42.7 Å². The van der Waals surface area contributed by atoms with Crippen LogP contribution in [0.25, 0.3) is 0 Å². The van der Waals surface area contributed by atoms with Crippen LogP contribution in [0.2, 0.25) is 0 Å². The van der Waals surface area contributed by atoms with E-state index in [1.165, 1.54) is 6.07 Å². The second-order valence-electron chi connectivity index (χ2n) is 7.16. The van der Waals surface area contributed by atoms with Crippen LogP contribution in [0.15, 0.2) is 79.1 Å². The fraction of sp³-hybridized carbons (Fsp3) is 0.292. The lowest BCUT2D eigenvalue weighted by Crippen LogP contribution is -2.42. The van der Waals surface area contributed by atoms with Gasteiger partial charge in [0.05, 0.1) is 11.2 Å². The van der Waals surface area contributed by atoms with Gasteiger partial charge >= 0.3 is 0 Å². The number of aromatic nitrogens is 1. The van der Waals surface area contributed by atoms with E-state index in [9.17, 15) is 8.78 Å². The van der Waals surface area contributed by atoms with Crippen LogP contribution in [-0.4, -0.2) is 12.0 Å². The molecule has 1 aromatic carbocycles. The van der Waals surface area contributed by atoms with Crippen LogP contribution in [0.3, 0.4) is 0 Å². The molecule has 0 aliphatic heterocycles. The van der Waals surface area contributed by atoms with Crippen molar-refractivity contribution in [3.8, 4) is 0 Å². The Hall–Kier alpha value is -2.59. The maximum Gasteiger partial charge on any atom is 0.270 e. The molecule has 28 heavy (non-hydrogen) atoms. The highest BCUT2D eigenvalue weighted by molar-refractivity contribution is 5.40. The molecule has 4 heteroatoms. The summed E-state index contributed by atoms with van der Waals surface area (Å²) in [7, 11) is 1.84. The van der Waals surface area contributed by atoms with Gasteiger partial charge in [-0.2, -0.15) is 0 Å². The highest BCUT2D eigenvalue weighted by atomic mass is 19.3. The van der Waals surface area contributed by atoms with Crippen molar-refractivity contribution in [2.45, 2.75) is 38.7 Å². The number of halogens is 2. The van der Waals surface area contributed by atoms with Crippen LogP contribution in [0, 0.1) is 6.92 Å². The normalized spacial score (nSPS) is 14.9. The first-order chi connectivity index (χ1) is 13.2. The monoisotopic (exact) mass is 382 g/mol. The molecule has 2 rings (SSSR count). The zero-order valence-corrected chi connectivity index (χ0v) is 17.0. The topological polar surface area (TPSA) is 24.9 Å². The second kappa shape index (κ2) is 9.07. The van der Waals surface area contributed by atoms with Gasteiger partial charge in [0.2, 0.25) is 0 Å². The third-order valence-corrected chi connectivity index (χ3v) is 4.81. The van der Waals surface area contributed by atoms with Crippen LogP contribution in [-0.2, 0) is 11.5 Å². The molecule has 0 amide bonds. The maximum absolute atomic E-state index is 14.0. The van der Waals surface area contributed by atoms with Gasteiger partial charge in [0.15, 0.2) is 0 Å². The second-order valence-corrected chi connectivity index (χ2v) is 7.16. The number of benzene rings is 1. The molecule has 2 nitrogen and oxygen atoms in total. The Morgan fingerprint density at radius 2 is 1.89 bits per heavy atom. The lowest BCUT2D eigenvalue weighted by Gasteiger charge is -2.35. The van der Waals surface area contributed by atoms with Crippen molar-refractivity contribution in [3.63, 3.8) is 0 Å². The number of rotatable bonds is 8. The number of hydrogen-bond acceptors (Lipinski definition) is 2. The Balaban J connectivity index is 2.64. The molecule has 0 fully saturated rings. The average Bonchev–Trinajstić information content (AvgIpc) is 2.66. The third-order valence-electron chi connectivity index (χ3n) is 4.81. The van der Waals surface area contributed by atoms with Gasteiger partial charge in [-0.05, 0) is 50.6 Å². The fourth-order valence-corrected chi connectivity index (χ4v) is 3.25. The minimum Gasteiger partial charge on any atom is -0.305 e. The van der Waals surface area contributed by atoms with E-state index in [0.717, 1.165) is 29.3 Å². The Morgan fingerprint density at radius 1 is 1.18 bits per heavy atom. The predicted octanol–water partition coefficient (Wildman–Crippen LogP) is 6.04. The highest BCUT2D eigenvalue weighted by Crippen LogP contribution is 2.37. The van der Waals surface area contributed by atoms with Crippen molar-refractivity contribution in [3.05, 3.63) is 101 Å². The van der Waals surface area contributed by atoms with Crippen molar-refractivity contribution in [1.29, 1.82) is 0 Å². The van der Waals surface area contributed by atoms with Gasteiger partial charge in [0.25, 0.3) is 5.92 Å². The Bertz CT molecular complexity index is 861. The van der Waals surface area contributed by atoms with Crippen LogP contribution in [0.4, 0.5) is 8.78 Å². The molecule has 0 radical (unpaired) electrons. The number of alkyl halides is 2. The molecule has 1 aromatic heterocycles. The van der Waals surface area contributed by atoms with E-state index in [1.807, 2.05) is 57.3 Å². The van der Waals surface area contributed by atoms with Crippen molar-refractivity contribution in [2.24, 2.45) is 0 Å². The molecule has 1 atom stereocenters. The Labute approximate surface area is 166 Å². The summed E-state index contributed by atoms with van der Waals surface area (Å²) in [4.78, 5) is 4.63. The Kier molecular flexibility index (Phi) is 7.03. The van der Waals surface area contributed by atoms with E-state index in [4.69, 9.17) is 0 Å². The van der Waals surface area contributed by atoms with Gasteiger partial charge in [-0.15, -0.1) is 0 Å².